The first-order valence-corrected chi connectivity index (χ1v) is 3.31. The topological polar surface area (TPSA) is 13.1 Å². The highest BCUT2D eigenvalue weighted by molar-refractivity contribution is 5.14. The SMILES string of the molecule is C#CCc1ccc(CC#C)o1. The molecule has 0 spiro atoms. The van der Waals surface area contributed by atoms with Gasteiger partial charge in [-0.05, 0) is 12.1 Å². The Labute approximate surface area is 66.4 Å². The number of furan rings is 1. The Bertz CT molecular complexity index is 276. The lowest BCUT2D eigenvalue weighted by atomic mass is 10.3. The van der Waals surface area contributed by atoms with Crippen molar-refractivity contribution in [2.75, 3.05) is 0 Å². The van der Waals surface area contributed by atoms with Gasteiger partial charge in [-0.2, -0.15) is 0 Å². The molecule has 1 heterocycles. The molecule has 0 saturated heterocycles. The second kappa shape index (κ2) is 3.54. The molecule has 0 bridgehead atoms. The zero-order valence-corrected chi connectivity index (χ0v) is 6.13. The minimum atomic E-state index is 0.532. The van der Waals surface area contributed by atoms with E-state index in [1.165, 1.54) is 0 Å². The van der Waals surface area contributed by atoms with Gasteiger partial charge in [-0.3, -0.25) is 0 Å². The van der Waals surface area contributed by atoms with Crippen LogP contribution in [-0.4, -0.2) is 0 Å². The van der Waals surface area contributed by atoms with Crippen LogP contribution < -0.4 is 0 Å². The molecule has 1 nitrogen and oxygen atoms in total. The zero-order valence-electron chi connectivity index (χ0n) is 6.13. The van der Waals surface area contributed by atoms with Gasteiger partial charge >= 0.3 is 0 Å². The van der Waals surface area contributed by atoms with Crippen molar-refractivity contribution in [2.24, 2.45) is 0 Å². The maximum atomic E-state index is 5.28. The van der Waals surface area contributed by atoms with Crippen LogP contribution in [0.2, 0.25) is 0 Å². The lowest BCUT2D eigenvalue weighted by Crippen LogP contribution is -1.75. The van der Waals surface area contributed by atoms with Gasteiger partial charge in [0.25, 0.3) is 0 Å². The van der Waals surface area contributed by atoms with E-state index in [1.54, 1.807) is 0 Å². The average molecular weight is 144 g/mol. The van der Waals surface area contributed by atoms with Crippen molar-refractivity contribution in [1.29, 1.82) is 0 Å². The summed E-state index contributed by atoms with van der Waals surface area (Å²) in [5, 5.41) is 0. The fraction of sp³-hybridized carbons (Fsp3) is 0.200. The predicted molar refractivity (Wildman–Crippen MR) is 43.8 cm³/mol. The van der Waals surface area contributed by atoms with E-state index in [0.717, 1.165) is 11.5 Å². The van der Waals surface area contributed by atoms with Gasteiger partial charge in [0.15, 0.2) is 0 Å². The number of terminal acetylenes is 2. The summed E-state index contributed by atoms with van der Waals surface area (Å²) in [5.41, 5.74) is 0. The summed E-state index contributed by atoms with van der Waals surface area (Å²) in [6.45, 7) is 0. The molecule has 1 aromatic heterocycles. The van der Waals surface area contributed by atoms with Crippen LogP contribution in [0.1, 0.15) is 11.5 Å². The van der Waals surface area contributed by atoms with E-state index >= 15 is 0 Å². The molecule has 0 unspecified atom stereocenters. The van der Waals surface area contributed by atoms with Crippen molar-refractivity contribution >= 4 is 0 Å². The summed E-state index contributed by atoms with van der Waals surface area (Å²) in [4.78, 5) is 0. The van der Waals surface area contributed by atoms with Crippen molar-refractivity contribution in [3.63, 3.8) is 0 Å². The first-order chi connectivity index (χ1) is 5.36. The third-order valence-corrected chi connectivity index (χ3v) is 1.27. The molecule has 1 aromatic rings. The molecule has 0 saturated carbocycles. The molecule has 54 valence electrons. The molecular formula is C10H8O. The standard InChI is InChI=1S/C10H8O/c1-3-5-9-7-8-10(11-9)6-4-2/h1-2,7-8H,5-6H2. The fourth-order valence-corrected chi connectivity index (χ4v) is 0.814. The van der Waals surface area contributed by atoms with Gasteiger partial charge in [-0.1, -0.05) is 11.8 Å². The van der Waals surface area contributed by atoms with Crippen molar-refractivity contribution in [3.8, 4) is 24.7 Å². The zero-order chi connectivity index (χ0) is 8.10. The molecule has 0 aromatic carbocycles. The van der Waals surface area contributed by atoms with Crippen molar-refractivity contribution in [2.45, 2.75) is 12.8 Å². The average Bonchev–Trinajstić information content (AvgIpc) is 2.38. The normalized spacial score (nSPS) is 8.55. The second-order valence-electron chi connectivity index (χ2n) is 2.13. The van der Waals surface area contributed by atoms with Gasteiger partial charge in [0, 0.05) is 0 Å². The highest BCUT2D eigenvalue weighted by atomic mass is 16.3. The van der Waals surface area contributed by atoms with E-state index in [4.69, 9.17) is 17.3 Å². The smallest absolute Gasteiger partial charge is 0.116 e. The Hall–Kier alpha value is -1.60. The molecule has 0 radical (unpaired) electrons. The number of rotatable bonds is 2. The summed E-state index contributed by atoms with van der Waals surface area (Å²) in [5.74, 6) is 6.59. The summed E-state index contributed by atoms with van der Waals surface area (Å²) >= 11 is 0. The van der Waals surface area contributed by atoms with Gasteiger partial charge in [0.05, 0.1) is 12.8 Å². The monoisotopic (exact) mass is 144 g/mol. The molecule has 11 heavy (non-hydrogen) atoms. The maximum absolute atomic E-state index is 5.28. The highest BCUT2D eigenvalue weighted by Gasteiger charge is 1.97. The molecule has 0 aliphatic heterocycles. The summed E-state index contributed by atoms with van der Waals surface area (Å²) in [6, 6.07) is 3.71. The van der Waals surface area contributed by atoms with Crippen LogP contribution in [0.3, 0.4) is 0 Å². The maximum Gasteiger partial charge on any atom is 0.116 e. The third-order valence-electron chi connectivity index (χ3n) is 1.27. The second-order valence-corrected chi connectivity index (χ2v) is 2.13. The fourth-order valence-electron chi connectivity index (χ4n) is 0.814. The number of hydrogen-bond acceptors (Lipinski definition) is 1. The summed E-state index contributed by atoms with van der Waals surface area (Å²) in [7, 11) is 0. The van der Waals surface area contributed by atoms with Crippen LogP contribution in [0.25, 0.3) is 0 Å². The summed E-state index contributed by atoms with van der Waals surface area (Å²) < 4.78 is 5.28. The molecule has 0 aliphatic rings. The van der Waals surface area contributed by atoms with Gasteiger partial charge in [-0.15, -0.1) is 12.8 Å². The Morgan fingerprint density at radius 3 is 1.91 bits per heavy atom. The largest absolute Gasteiger partial charge is 0.464 e. The first kappa shape index (κ1) is 7.51. The Morgan fingerprint density at radius 2 is 1.55 bits per heavy atom. The molecule has 0 atom stereocenters. The van der Waals surface area contributed by atoms with Crippen LogP contribution in [0.15, 0.2) is 16.5 Å². The van der Waals surface area contributed by atoms with Gasteiger partial charge in [-0.25, -0.2) is 0 Å². The van der Waals surface area contributed by atoms with Crippen LogP contribution in [0.4, 0.5) is 0 Å². The molecule has 0 fully saturated rings. The summed E-state index contributed by atoms with van der Waals surface area (Å²) in [6.07, 6.45) is 11.3. The Kier molecular flexibility index (Phi) is 2.42. The lowest BCUT2D eigenvalue weighted by Gasteiger charge is -1.86. The quantitative estimate of drug-likeness (QED) is 0.575. The minimum Gasteiger partial charge on any atom is -0.464 e. The molecule has 0 N–H and O–H groups in total. The molecular weight excluding hydrogens is 136 g/mol. The van der Waals surface area contributed by atoms with Crippen molar-refractivity contribution < 1.29 is 4.42 Å². The van der Waals surface area contributed by atoms with E-state index in [1.807, 2.05) is 12.1 Å². The van der Waals surface area contributed by atoms with E-state index < -0.39 is 0 Å². The predicted octanol–water partition coefficient (Wildman–Crippen LogP) is 1.63. The number of hydrogen-bond donors (Lipinski definition) is 0. The Morgan fingerprint density at radius 1 is 1.09 bits per heavy atom. The van der Waals surface area contributed by atoms with Gasteiger partial charge < -0.3 is 4.42 Å². The molecule has 0 aliphatic carbocycles. The first-order valence-electron chi connectivity index (χ1n) is 3.31. The minimum absolute atomic E-state index is 0.532. The Balaban J connectivity index is 2.69. The van der Waals surface area contributed by atoms with Gasteiger partial charge in [0.1, 0.15) is 11.5 Å². The van der Waals surface area contributed by atoms with E-state index in [0.29, 0.717) is 12.8 Å². The van der Waals surface area contributed by atoms with Crippen LogP contribution in [-0.2, 0) is 12.8 Å². The van der Waals surface area contributed by atoms with Crippen molar-refractivity contribution in [3.05, 3.63) is 23.7 Å². The van der Waals surface area contributed by atoms with Crippen LogP contribution in [0.5, 0.6) is 0 Å². The van der Waals surface area contributed by atoms with Crippen LogP contribution >= 0.6 is 0 Å². The van der Waals surface area contributed by atoms with Crippen LogP contribution in [0, 0.1) is 24.7 Å². The molecule has 1 heteroatoms. The van der Waals surface area contributed by atoms with E-state index in [-0.39, 0.29) is 0 Å². The van der Waals surface area contributed by atoms with E-state index in [2.05, 4.69) is 11.8 Å². The third kappa shape index (κ3) is 1.92. The van der Waals surface area contributed by atoms with Crippen molar-refractivity contribution in [1.82, 2.24) is 0 Å². The lowest BCUT2D eigenvalue weighted by molar-refractivity contribution is 0.488. The van der Waals surface area contributed by atoms with E-state index in [9.17, 15) is 0 Å². The van der Waals surface area contributed by atoms with Gasteiger partial charge in [0.2, 0.25) is 0 Å². The highest BCUT2D eigenvalue weighted by Crippen LogP contribution is 2.07. The molecule has 0 amide bonds. The molecule has 1 rings (SSSR count).